The predicted octanol–water partition coefficient (Wildman–Crippen LogP) is 2.50. The van der Waals surface area contributed by atoms with Crippen LogP contribution in [0.3, 0.4) is 0 Å². The van der Waals surface area contributed by atoms with Crippen LogP contribution in [-0.4, -0.2) is 56.7 Å². The van der Waals surface area contributed by atoms with E-state index in [-0.39, 0.29) is 24.5 Å². The first kappa shape index (κ1) is 20.5. The zero-order valence-corrected chi connectivity index (χ0v) is 16.7. The number of para-hydroxylation sites is 1. The lowest BCUT2D eigenvalue weighted by molar-refractivity contribution is -0.124. The van der Waals surface area contributed by atoms with E-state index in [1.807, 2.05) is 30.3 Å². The number of ether oxygens (including phenoxy) is 3. The van der Waals surface area contributed by atoms with E-state index < -0.39 is 0 Å². The van der Waals surface area contributed by atoms with Crippen LogP contribution in [0.2, 0.25) is 0 Å². The number of rotatable bonds is 7. The van der Waals surface area contributed by atoms with E-state index in [0.29, 0.717) is 48.7 Å². The maximum atomic E-state index is 13.0. The standard InChI is InChI=1S/C22H26N2O5/c1-27-18-9-6-10-19(28-2)21(18)22(26)24-13-11-16(12-14-24)23-20(25)15-29-17-7-4-3-5-8-17/h3-10,16H,11-15H2,1-2H3,(H,23,25). The second-order valence-electron chi connectivity index (χ2n) is 6.77. The minimum Gasteiger partial charge on any atom is -0.496 e. The second-order valence-corrected chi connectivity index (χ2v) is 6.77. The van der Waals surface area contributed by atoms with Crippen molar-refractivity contribution in [2.45, 2.75) is 18.9 Å². The molecular formula is C22H26N2O5. The highest BCUT2D eigenvalue weighted by Gasteiger charge is 2.28. The SMILES string of the molecule is COc1cccc(OC)c1C(=O)N1CCC(NC(=O)COc2ccccc2)CC1. The van der Waals surface area contributed by atoms with E-state index in [1.165, 1.54) is 14.2 Å². The molecule has 1 fully saturated rings. The van der Waals surface area contributed by atoms with Gasteiger partial charge in [-0.25, -0.2) is 0 Å². The summed E-state index contributed by atoms with van der Waals surface area (Å²) in [5.74, 6) is 1.35. The molecular weight excluding hydrogens is 372 g/mol. The lowest BCUT2D eigenvalue weighted by atomic mass is 10.0. The molecule has 1 N–H and O–H groups in total. The highest BCUT2D eigenvalue weighted by Crippen LogP contribution is 2.30. The Kier molecular flexibility index (Phi) is 6.94. The fourth-order valence-corrected chi connectivity index (χ4v) is 3.38. The molecule has 7 heteroatoms. The number of nitrogens with zero attached hydrogens (tertiary/aromatic N) is 1. The van der Waals surface area contributed by atoms with E-state index >= 15 is 0 Å². The summed E-state index contributed by atoms with van der Waals surface area (Å²) in [6, 6.07) is 14.5. The lowest BCUT2D eigenvalue weighted by Gasteiger charge is -2.33. The lowest BCUT2D eigenvalue weighted by Crippen LogP contribution is -2.47. The van der Waals surface area contributed by atoms with E-state index in [4.69, 9.17) is 14.2 Å². The Morgan fingerprint density at radius 1 is 0.966 bits per heavy atom. The Balaban J connectivity index is 1.51. The molecule has 154 valence electrons. The summed E-state index contributed by atoms with van der Waals surface area (Å²) in [6.07, 6.45) is 1.36. The largest absolute Gasteiger partial charge is 0.496 e. The number of likely N-dealkylation sites (tertiary alicyclic amines) is 1. The van der Waals surface area contributed by atoms with Crippen molar-refractivity contribution in [3.8, 4) is 17.2 Å². The molecule has 2 amide bonds. The number of carbonyl (C=O) groups excluding carboxylic acids is 2. The van der Waals surface area contributed by atoms with Crippen molar-refractivity contribution in [1.82, 2.24) is 10.2 Å². The molecule has 2 aromatic carbocycles. The molecule has 2 aromatic rings. The van der Waals surface area contributed by atoms with Gasteiger partial charge in [0.15, 0.2) is 6.61 Å². The summed E-state index contributed by atoms with van der Waals surface area (Å²) in [6.45, 7) is 1.07. The highest BCUT2D eigenvalue weighted by molar-refractivity contribution is 5.99. The monoisotopic (exact) mass is 398 g/mol. The Morgan fingerprint density at radius 3 is 2.17 bits per heavy atom. The third kappa shape index (κ3) is 5.19. The molecule has 3 rings (SSSR count). The normalized spacial score (nSPS) is 14.2. The van der Waals surface area contributed by atoms with Gasteiger partial charge in [-0.3, -0.25) is 9.59 Å². The Bertz CT molecular complexity index is 810. The van der Waals surface area contributed by atoms with Crippen LogP contribution in [0, 0.1) is 0 Å². The van der Waals surface area contributed by atoms with Gasteiger partial charge in [0.05, 0.1) is 14.2 Å². The summed E-state index contributed by atoms with van der Waals surface area (Å²) in [7, 11) is 3.07. The molecule has 0 radical (unpaired) electrons. The average molecular weight is 398 g/mol. The fraction of sp³-hybridized carbons (Fsp3) is 0.364. The highest BCUT2D eigenvalue weighted by atomic mass is 16.5. The summed E-state index contributed by atoms with van der Waals surface area (Å²) in [5.41, 5.74) is 0.427. The van der Waals surface area contributed by atoms with Gasteiger partial charge in [-0.15, -0.1) is 0 Å². The summed E-state index contributed by atoms with van der Waals surface area (Å²) >= 11 is 0. The van der Waals surface area contributed by atoms with Crippen LogP contribution in [0.25, 0.3) is 0 Å². The summed E-state index contributed by atoms with van der Waals surface area (Å²) in [5, 5.41) is 2.98. The zero-order valence-electron chi connectivity index (χ0n) is 16.7. The van der Waals surface area contributed by atoms with Crippen molar-refractivity contribution in [1.29, 1.82) is 0 Å². The molecule has 0 atom stereocenters. The van der Waals surface area contributed by atoms with Gasteiger partial charge in [0.1, 0.15) is 22.8 Å². The summed E-state index contributed by atoms with van der Waals surface area (Å²) in [4.78, 5) is 26.9. The van der Waals surface area contributed by atoms with Crippen molar-refractivity contribution < 1.29 is 23.8 Å². The van der Waals surface area contributed by atoms with Gasteiger partial charge in [-0.05, 0) is 37.1 Å². The number of carbonyl (C=O) groups is 2. The third-order valence-electron chi connectivity index (χ3n) is 4.90. The first-order valence-corrected chi connectivity index (χ1v) is 9.60. The Morgan fingerprint density at radius 2 is 1.59 bits per heavy atom. The average Bonchev–Trinajstić information content (AvgIpc) is 2.77. The van der Waals surface area contributed by atoms with Crippen molar-refractivity contribution in [3.63, 3.8) is 0 Å². The molecule has 1 aliphatic heterocycles. The number of hydrogen-bond acceptors (Lipinski definition) is 5. The zero-order chi connectivity index (χ0) is 20.6. The van der Waals surface area contributed by atoms with Crippen LogP contribution in [0.15, 0.2) is 48.5 Å². The first-order valence-electron chi connectivity index (χ1n) is 9.60. The van der Waals surface area contributed by atoms with Crippen LogP contribution in [0.4, 0.5) is 0 Å². The number of methoxy groups -OCH3 is 2. The molecule has 1 saturated heterocycles. The van der Waals surface area contributed by atoms with E-state index in [1.54, 1.807) is 23.1 Å². The van der Waals surface area contributed by atoms with Gasteiger partial charge >= 0.3 is 0 Å². The van der Waals surface area contributed by atoms with Crippen molar-refractivity contribution >= 4 is 11.8 Å². The van der Waals surface area contributed by atoms with Crippen LogP contribution in [0.5, 0.6) is 17.2 Å². The quantitative estimate of drug-likeness (QED) is 0.776. The van der Waals surface area contributed by atoms with Crippen LogP contribution < -0.4 is 19.5 Å². The van der Waals surface area contributed by atoms with Gasteiger partial charge in [0.2, 0.25) is 0 Å². The number of amides is 2. The maximum absolute atomic E-state index is 13.0. The maximum Gasteiger partial charge on any atom is 0.261 e. The molecule has 29 heavy (non-hydrogen) atoms. The van der Waals surface area contributed by atoms with Crippen molar-refractivity contribution in [2.75, 3.05) is 33.9 Å². The number of hydrogen-bond donors (Lipinski definition) is 1. The fourth-order valence-electron chi connectivity index (χ4n) is 3.38. The topological polar surface area (TPSA) is 77.1 Å². The van der Waals surface area contributed by atoms with Crippen LogP contribution in [0.1, 0.15) is 23.2 Å². The van der Waals surface area contributed by atoms with Crippen LogP contribution >= 0.6 is 0 Å². The van der Waals surface area contributed by atoms with Gasteiger partial charge in [-0.2, -0.15) is 0 Å². The Labute approximate surface area is 170 Å². The van der Waals surface area contributed by atoms with Gasteiger partial charge in [0, 0.05) is 19.1 Å². The molecule has 0 saturated carbocycles. The molecule has 0 aromatic heterocycles. The number of benzene rings is 2. The Hall–Kier alpha value is -3.22. The molecule has 1 aliphatic rings. The third-order valence-corrected chi connectivity index (χ3v) is 4.90. The summed E-state index contributed by atoms with van der Waals surface area (Å²) < 4.78 is 16.2. The molecule has 7 nitrogen and oxygen atoms in total. The molecule has 0 bridgehead atoms. The predicted molar refractivity (Wildman–Crippen MR) is 109 cm³/mol. The van der Waals surface area contributed by atoms with Crippen LogP contribution in [-0.2, 0) is 4.79 Å². The minimum absolute atomic E-state index is 0.0190. The second kappa shape index (κ2) is 9.82. The first-order chi connectivity index (χ1) is 14.1. The molecule has 0 unspecified atom stereocenters. The van der Waals surface area contributed by atoms with Gasteiger partial charge < -0.3 is 24.4 Å². The molecule has 0 spiro atoms. The van der Waals surface area contributed by atoms with Gasteiger partial charge in [-0.1, -0.05) is 24.3 Å². The van der Waals surface area contributed by atoms with E-state index in [2.05, 4.69) is 5.32 Å². The molecule has 0 aliphatic carbocycles. The molecule has 1 heterocycles. The van der Waals surface area contributed by atoms with Crippen molar-refractivity contribution in [2.24, 2.45) is 0 Å². The van der Waals surface area contributed by atoms with E-state index in [0.717, 1.165) is 0 Å². The van der Waals surface area contributed by atoms with E-state index in [9.17, 15) is 9.59 Å². The minimum atomic E-state index is -0.162. The van der Waals surface area contributed by atoms with Crippen molar-refractivity contribution in [3.05, 3.63) is 54.1 Å². The number of nitrogens with one attached hydrogen (secondary N) is 1. The van der Waals surface area contributed by atoms with Gasteiger partial charge in [0.25, 0.3) is 11.8 Å². The number of piperidine rings is 1. The smallest absolute Gasteiger partial charge is 0.261 e.